The first-order valence-corrected chi connectivity index (χ1v) is 7.61. The molecule has 0 atom stereocenters. The van der Waals surface area contributed by atoms with E-state index in [4.69, 9.17) is 0 Å². The number of nitrogens with one attached hydrogen (secondary N) is 1. The summed E-state index contributed by atoms with van der Waals surface area (Å²) in [5, 5.41) is 5.60. The molecule has 1 N–H and O–H groups in total. The highest BCUT2D eigenvalue weighted by Gasteiger charge is 2.42. The Morgan fingerprint density at radius 2 is 1.60 bits per heavy atom. The highest BCUT2D eigenvalue weighted by molar-refractivity contribution is 5.98. The molecule has 0 unspecified atom stereocenters. The van der Waals surface area contributed by atoms with Crippen molar-refractivity contribution >= 4 is 16.7 Å². The summed E-state index contributed by atoms with van der Waals surface area (Å²) in [6.45, 7) is 0. The lowest BCUT2D eigenvalue weighted by Gasteiger charge is -2.17. The molecule has 2 aliphatic rings. The van der Waals surface area contributed by atoms with Crippen LogP contribution in [-0.2, 0) is 0 Å². The van der Waals surface area contributed by atoms with Crippen LogP contribution in [0.4, 0.5) is 0 Å². The molecule has 0 aromatic heterocycles. The fourth-order valence-corrected chi connectivity index (χ4v) is 3.10. The monoisotopic (exact) mass is 265 g/mol. The Morgan fingerprint density at radius 3 is 2.25 bits per heavy atom. The molecule has 0 bridgehead atoms. The molecule has 102 valence electrons. The second-order valence-corrected chi connectivity index (χ2v) is 6.24. The number of fused-ring (bicyclic) bond motifs is 1. The lowest BCUT2D eigenvalue weighted by molar-refractivity contribution is 0.0926. The number of benzene rings is 2. The zero-order chi connectivity index (χ0) is 13.5. The molecule has 0 heterocycles. The van der Waals surface area contributed by atoms with Crippen LogP contribution in [0.2, 0.25) is 0 Å². The third-order valence-electron chi connectivity index (χ3n) is 4.57. The fourth-order valence-electron chi connectivity index (χ4n) is 3.10. The molecule has 2 saturated carbocycles. The summed E-state index contributed by atoms with van der Waals surface area (Å²) in [7, 11) is 0. The molecule has 1 amide bonds. The van der Waals surface area contributed by atoms with Crippen LogP contribution in [0.15, 0.2) is 42.5 Å². The SMILES string of the molecule is O=C(NC(C1CC1)C1CC1)c1ccc2ccccc2c1. The van der Waals surface area contributed by atoms with Crippen LogP contribution in [0, 0.1) is 11.8 Å². The predicted octanol–water partition coefficient (Wildman–Crippen LogP) is 3.76. The van der Waals surface area contributed by atoms with Crippen molar-refractivity contribution in [3.8, 4) is 0 Å². The number of carbonyl (C=O) groups excluding carboxylic acids is 1. The maximum Gasteiger partial charge on any atom is 0.251 e. The van der Waals surface area contributed by atoms with E-state index >= 15 is 0 Å². The number of hydrogen-bond acceptors (Lipinski definition) is 1. The Labute approximate surface area is 119 Å². The zero-order valence-electron chi connectivity index (χ0n) is 11.5. The predicted molar refractivity (Wildman–Crippen MR) is 80.7 cm³/mol. The summed E-state index contributed by atoms with van der Waals surface area (Å²) in [5.74, 6) is 1.58. The van der Waals surface area contributed by atoms with Crippen LogP contribution in [0.5, 0.6) is 0 Å². The minimum atomic E-state index is 0.0968. The quantitative estimate of drug-likeness (QED) is 0.896. The zero-order valence-corrected chi connectivity index (χ0v) is 11.5. The smallest absolute Gasteiger partial charge is 0.251 e. The Morgan fingerprint density at radius 1 is 0.950 bits per heavy atom. The van der Waals surface area contributed by atoms with Crippen LogP contribution < -0.4 is 5.32 Å². The Hall–Kier alpha value is -1.83. The second kappa shape index (κ2) is 4.62. The van der Waals surface area contributed by atoms with E-state index in [9.17, 15) is 4.79 Å². The number of rotatable bonds is 4. The largest absolute Gasteiger partial charge is 0.349 e. The van der Waals surface area contributed by atoms with E-state index in [1.165, 1.54) is 31.1 Å². The average Bonchev–Trinajstić information content (AvgIpc) is 3.37. The van der Waals surface area contributed by atoms with Gasteiger partial charge in [-0.15, -0.1) is 0 Å². The molecule has 2 aromatic rings. The molecular formula is C18H19NO. The van der Waals surface area contributed by atoms with Gasteiger partial charge in [0.25, 0.3) is 5.91 Å². The number of hydrogen-bond donors (Lipinski definition) is 1. The maximum absolute atomic E-state index is 12.5. The van der Waals surface area contributed by atoms with Crippen molar-refractivity contribution in [3.05, 3.63) is 48.0 Å². The maximum atomic E-state index is 12.5. The Kier molecular flexibility index (Phi) is 2.76. The third-order valence-corrected chi connectivity index (χ3v) is 4.57. The number of carbonyl (C=O) groups is 1. The molecule has 0 aliphatic heterocycles. The molecule has 4 rings (SSSR count). The first-order valence-electron chi connectivity index (χ1n) is 7.61. The van der Waals surface area contributed by atoms with E-state index in [0.717, 1.165) is 22.8 Å². The first-order chi connectivity index (χ1) is 9.81. The van der Waals surface area contributed by atoms with Gasteiger partial charge in [0.05, 0.1) is 0 Å². The summed E-state index contributed by atoms with van der Waals surface area (Å²) in [4.78, 5) is 12.5. The first kappa shape index (κ1) is 12.0. The highest BCUT2D eigenvalue weighted by Crippen LogP contribution is 2.44. The van der Waals surface area contributed by atoms with Gasteiger partial charge in [0.2, 0.25) is 0 Å². The Balaban J connectivity index is 1.56. The van der Waals surface area contributed by atoms with E-state index in [1.807, 2.05) is 30.3 Å². The average molecular weight is 265 g/mol. The van der Waals surface area contributed by atoms with E-state index in [2.05, 4.69) is 17.4 Å². The van der Waals surface area contributed by atoms with Crippen LogP contribution in [0.25, 0.3) is 10.8 Å². The van der Waals surface area contributed by atoms with Crippen molar-refractivity contribution < 1.29 is 4.79 Å². The molecule has 2 aromatic carbocycles. The van der Waals surface area contributed by atoms with Gasteiger partial charge in [-0.1, -0.05) is 30.3 Å². The van der Waals surface area contributed by atoms with Crippen molar-refractivity contribution in [1.82, 2.24) is 5.32 Å². The molecule has 2 heteroatoms. The van der Waals surface area contributed by atoms with Crippen LogP contribution in [-0.4, -0.2) is 11.9 Å². The van der Waals surface area contributed by atoms with Gasteiger partial charge in [-0.25, -0.2) is 0 Å². The lowest BCUT2D eigenvalue weighted by atomic mass is 10.0. The summed E-state index contributed by atoms with van der Waals surface area (Å²) < 4.78 is 0. The molecule has 2 fully saturated rings. The third kappa shape index (κ3) is 2.31. The normalized spacial score (nSPS) is 18.4. The molecule has 2 aliphatic carbocycles. The highest BCUT2D eigenvalue weighted by atomic mass is 16.1. The van der Waals surface area contributed by atoms with Crippen molar-refractivity contribution in [1.29, 1.82) is 0 Å². The van der Waals surface area contributed by atoms with Crippen LogP contribution >= 0.6 is 0 Å². The van der Waals surface area contributed by atoms with Gasteiger partial charge in [-0.3, -0.25) is 4.79 Å². The van der Waals surface area contributed by atoms with Gasteiger partial charge in [-0.2, -0.15) is 0 Å². The second-order valence-electron chi connectivity index (χ2n) is 6.24. The number of amides is 1. The fraction of sp³-hybridized carbons (Fsp3) is 0.389. The standard InChI is InChI=1S/C18H19NO/c20-18(19-17(13-6-7-13)14-8-9-14)16-10-5-12-3-1-2-4-15(12)11-16/h1-5,10-11,13-14,17H,6-9H2,(H,19,20). The van der Waals surface area contributed by atoms with E-state index < -0.39 is 0 Å². The summed E-state index contributed by atoms with van der Waals surface area (Å²) in [6, 6.07) is 14.6. The van der Waals surface area contributed by atoms with E-state index in [1.54, 1.807) is 0 Å². The lowest BCUT2D eigenvalue weighted by Crippen LogP contribution is -2.38. The van der Waals surface area contributed by atoms with Crippen molar-refractivity contribution in [2.75, 3.05) is 0 Å². The van der Waals surface area contributed by atoms with Gasteiger partial charge in [0.15, 0.2) is 0 Å². The van der Waals surface area contributed by atoms with Crippen LogP contribution in [0.3, 0.4) is 0 Å². The van der Waals surface area contributed by atoms with Crippen LogP contribution in [0.1, 0.15) is 36.0 Å². The van der Waals surface area contributed by atoms with Crippen molar-refractivity contribution in [3.63, 3.8) is 0 Å². The van der Waals surface area contributed by atoms with Crippen molar-refractivity contribution in [2.45, 2.75) is 31.7 Å². The topological polar surface area (TPSA) is 29.1 Å². The Bertz CT molecular complexity index is 643. The molecule has 0 radical (unpaired) electrons. The summed E-state index contributed by atoms with van der Waals surface area (Å²) in [5.41, 5.74) is 0.787. The van der Waals surface area contributed by atoms with Gasteiger partial charge in [0, 0.05) is 11.6 Å². The van der Waals surface area contributed by atoms with Gasteiger partial charge >= 0.3 is 0 Å². The minimum Gasteiger partial charge on any atom is -0.349 e. The molecular weight excluding hydrogens is 246 g/mol. The molecule has 2 nitrogen and oxygen atoms in total. The minimum absolute atomic E-state index is 0.0968. The van der Waals surface area contributed by atoms with Crippen molar-refractivity contribution in [2.24, 2.45) is 11.8 Å². The molecule has 0 spiro atoms. The summed E-state index contributed by atoms with van der Waals surface area (Å²) >= 11 is 0. The summed E-state index contributed by atoms with van der Waals surface area (Å²) in [6.07, 6.45) is 5.16. The molecule has 20 heavy (non-hydrogen) atoms. The molecule has 0 saturated heterocycles. The van der Waals surface area contributed by atoms with Gasteiger partial charge in [0.1, 0.15) is 0 Å². The van der Waals surface area contributed by atoms with Gasteiger partial charge < -0.3 is 5.32 Å². The van der Waals surface area contributed by atoms with Gasteiger partial charge in [-0.05, 0) is 60.4 Å². The van der Waals surface area contributed by atoms with E-state index in [0.29, 0.717) is 6.04 Å². The van der Waals surface area contributed by atoms with E-state index in [-0.39, 0.29) is 5.91 Å².